The van der Waals surface area contributed by atoms with Crippen LogP contribution in [0, 0.1) is 17.0 Å². The van der Waals surface area contributed by atoms with E-state index in [1.165, 1.54) is 12.1 Å². The minimum atomic E-state index is -0.611. The monoisotopic (exact) mass is 290 g/mol. The summed E-state index contributed by atoms with van der Waals surface area (Å²) in [5.74, 6) is 0.598. The summed E-state index contributed by atoms with van der Waals surface area (Å²) in [4.78, 5) is 20.2. The Morgan fingerprint density at radius 2 is 2.19 bits per heavy atom. The van der Waals surface area contributed by atoms with Crippen molar-refractivity contribution in [2.24, 2.45) is 5.10 Å². The smallest absolute Gasteiger partial charge is 0.397 e. The quantitative estimate of drug-likeness (QED) is 0.387. The summed E-state index contributed by atoms with van der Waals surface area (Å²) in [5.41, 5.74) is 3.44. The van der Waals surface area contributed by atoms with Gasteiger partial charge in [0.05, 0.1) is 6.07 Å². The molecular formula is C12H14N6O3. The van der Waals surface area contributed by atoms with Gasteiger partial charge in [-0.15, -0.1) is 0 Å². The molecule has 9 heteroatoms. The molecule has 0 spiro atoms. The second-order valence-corrected chi connectivity index (χ2v) is 4.43. The van der Waals surface area contributed by atoms with Gasteiger partial charge in [-0.3, -0.25) is 15.5 Å². The number of hydrogen-bond donors (Lipinski definition) is 1. The van der Waals surface area contributed by atoms with Gasteiger partial charge in [-0.05, 0) is 13.0 Å². The Labute approximate surface area is 120 Å². The Balaban J connectivity index is 2.27. The van der Waals surface area contributed by atoms with Gasteiger partial charge in [0, 0.05) is 25.9 Å². The molecule has 0 atom stereocenters. The Hall–Kier alpha value is -2.97. The minimum Gasteiger partial charge on any atom is -0.397 e. The van der Waals surface area contributed by atoms with Crippen molar-refractivity contribution < 1.29 is 9.34 Å². The second-order valence-electron chi connectivity index (χ2n) is 4.43. The third-order valence-corrected chi connectivity index (χ3v) is 2.31. The maximum absolute atomic E-state index is 10.6. The lowest BCUT2D eigenvalue weighted by Gasteiger charge is -2.05. The van der Waals surface area contributed by atoms with Crippen LogP contribution in [0.15, 0.2) is 27.7 Å². The molecule has 0 saturated heterocycles. The van der Waals surface area contributed by atoms with E-state index in [0.29, 0.717) is 11.5 Å². The van der Waals surface area contributed by atoms with E-state index in [1.807, 2.05) is 14.1 Å². The molecule has 0 fully saturated rings. The molecule has 2 rings (SSSR count). The number of hydrazone groups is 1. The highest BCUT2D eigenvalue weighted by molar-refractivity contribution is 5.57. The number of aromatic nitrogens is 2. The summed E-state index contributed by atoms with van der Waals surface area (Å²) < 4.78 is 5.09. The fourth-order valence-electron chi connectivity index (χ4n) is 1.49. The number of anilines is 1. The number of nitrogens with zero attached hydrogens (tertiary/aromatic N) is 5. The Morgan fingerprint density at radius 1 is 1.43 bits per heavy atom. The Bertz CT molecular complexity index is 679. The van der Waals surface area contributed by atoms with Crippen LogP contribution in [0.1, 0.15) is 5.69 Å². The highest BCUT2D eigenvalue weighted by atomic mass is 16.6. The molecule has 0 bridgehead atoms. The number of aryl methyl sites for hydroxylation is 1. The van der Waals surface area contributed by atoms with Crippen molar-refractivity contribution >= 4 is 18.0 Å². The number of rotatable bonds is 5. The Kier molecular flexibility index (Phi) is 4.12. The van der Waals surface area contributed by atoms with Gasteiger partial charge >= 0.3 is 5.88 Å². The molecule has 0 aliphatic rings. The summed E-state index contributed by atoms with van der Waals surface area (Å²) in [7, 11) is 3.67. The molecule has 9 nitrogen and oxygen atoms in total. The van der Waals surface area contributed by atoms with Crippen molar-refractivity contribution in [2.75, 3.05) is 19.5 Å². The molecule has 21 heavy (non-hydrogen) atoms. The van der Waals surface area contributed by atoms with Gasteiger partial charge in [-0.1, -0.05) is 0 Å². The normalized spacial score (nSPS) is 10.8. The number of furan rings is 1. The van der Waals surface area contributed by atoms with E-state index in [4.69, 9.17) is 4.42 Å². The van der Waals surface area contributed by atoms with Crippen LogP contribution in [0.25, 0.3) is 11.6 Å². The fourth-order valence-corrected chi connectivity index (χ4v) is 1.49. The summed E-state index contributed by atoms with van der Waals surface area (Å²) in [6.45, 7) is 1.78. The predicted molar refractivity (Wildman–Crippen MR) is 76.9 cm³/mol. The molecule has 0 aromatic carbocycles. The first-order chi connectivity index (χ1) is 9.95. The SMILES string of the molecule is Cc1cc(N/N=C/N(C)C)nc(-c2ccc([N+](=O)[O-])o2)n1. The van der Waals surface area contributed by atoms with Gasteiger partial charge in [-0.2, -0.15) is 5.10 Å². The van der Waals surface area contributed by atoms with Crippen LogP contribution in [0.3, 0.4) is 0 Å². The van der Waals surface area contributed by atoms with Crippen LogP contribution in [0.5, 0.6) is 0 Å². The van der Waals surface area contributed by atoms with E-state index in [-0.39, 0.29) is 17.5 Å². The zero-order valence-electron chi connectivity index (χ0n) is 11.8. The van der Waals surface area contributed by atoms with Crippen LogP contribution in [0.4, 0.5) is 11.7 Å². The standard InChI is InChI=1S/C12H14N6O3/c1-8-6-10(16-13-7-17(2)3)15-12(14-8)9-4-5-11(21-9)18(19)20/h4-7H,1-3H3,(H,14,15,16)/b13-7+. The molecule has 0 amide bonds. The number of hydrogen-bond acceptors (Lipinski definition) is 7. The van der Waals surface area contributed by atoms with Crippen molar-refractivity contribution in [2.45, 2.75) is 6.92 Å². The molecule has 2 aromatic rings. The van der Waals surface area contributed by atoms with Crippen molar-refractivity contribution in [3.8, 4) is 11.6 Å². The summed E-state index contributed by atoms with van der Waals surface area (Å²) >= 11 is 0. The molecule has 0 radical (unpaired) electrons. The maximum atomic E-state index is 10.6. The van der Waals surface area contributed by atoms with Gasteiger partial charge in [-0.25, -0.2) is 9.97 Å². The molecule has 2 heterocycles. The van der Waals surface area contributed by atoms with Crippen LogP contribution in [-0.4, -0.2) is 40.2 Å². The van der Waals surface area contributed by atoms with Crippen molar-refractivity contribution in [3.63, 3.8) is 0 Å². The zero-order chi connectivity index (χ0) is 15.4. The predicted octanol–water partition coefficient (Wildman–Crippen LogP) is 1.87. The Morgan fingerprint density at radius 3 is 2.81 bits per heavy atom. The van der Waals surface area contributed by atoms with E-state index >= 15 is 0 Å². The van der Waals surface area contributed by atoms with Gasteiger partial charge < -0.3 is 9.32 Å². The highest BCUT2D eigenvalue weighted by Gasteiger charge is 2.15. The lowest BCUT2D eigenvalue weighted by Crippen LogP contribution is -2.09. The average molecular weight is 290 g/mol. The highest BCUT2D eigenvalue weighted by Crippen LogP contribution is 2.24. The van der Waals surface area contributed by atoms with E-state index < -0.39 is 4.92 Å². The van der Waals surface area contributed by atoms with Crippen molar-refractivity contribution in [3.05, 3.63) is 34.0 Å². The van der Waals surface area contributed by atoms with Gasteiger partial charge in [0.2, 0.25) is 0 Å². The molecule has 110 valence electrons. The van der Waals surface area contributed by atoms with Crippen LogP contribution < -0.4 is 5.43 Å². The molecule has 0 aliphatic heterocycles. The van der Waals surface area contributed by atoms with Crippen LogP contribution in [-0.2, 0) is 0 Å². The van der Waals surface area contributed by atoms with Gasteiger partial charge in [0.1, 0.15) is 11.3 Å². The van der Waals surface area contributed by atoms with Crippen LogP contribution >= 0.6 is 0 Å². The van der Waals surface area contributed by atoms with Crippen LogP contribution in [0.2, 0.25) is 0 Å². The fraction of sp³-hybridized carbons (Fsp3) is 0.250. The first-order valence-electron chi connectivity index (χ1n) is 6.01. The molecule has 2 aromatic heterocycles. The number of nitro groups is 1. The van der Waals surface area contributed by atoms with E-state index in [2.05, 4.69) is 20.5 Å². The largest absolute Gasteiger partial charge is 0.433 e. The summed E-state index contributed by atoms with van der Waals surface area (Å²) in [5, 5.41) is 14.6. The van der Waals surface area contributed by atoms with Gasteiger partial charge in [0.15, 0.2) is 17.4 Å². The summed E-state index contributed by atoms with van der Waals surface area (Å²) in [6, 6.07) is 4.42. The second kappa shape index (κ2) is 5.99. The third-order valence-electron chi connectivity index (χ3n) is 2.31. The molecule has 0 saturated carbocycles. The van der Waals surface area contributed by atoms with E-state index in [0.717, 1.165) is 0 Å². The summed E-state index contributed by atoms with van der Waals surface area (Å²) in [6.07, 6.45) is 1.58. The van der Waals surface area contributed by atoms with Crippen molar-refractivity contribution in [1.82, 2.24) is 14.9 Å². The molecule has 0 unspecified atom stereocenters. The zero-order valence-corrected chi connectivity index (χ0v) is 11.8. The van der Waals surface area contributed by atoms with Crippen molar-refractivity contribution in [1.29, 1.82) is 0 Å². The maximum Gasteiger partial charge on any atom is 0.433 e. The minimum absolute atomic E-state index is 0.227. The molecule has 1 N–H and O–H groups in total. The lowest BCUT2D eigenvalue weighted by atomic mass is 10.3. The molecular weight excluding hydrogens is 276 g/mol. The lowest BCUT2D eigenvalue weighted by molar-refractivity contribution is -0.401. The molecule has 0 aliphatic carbocycles. The first kappa shape index (κ1) is 14.4. The number of nitrogens with one attached hydrogen (secondary N) is 1. The van der Waals surface area contributed by atoms with E-state index in [1.54, 1.807) is 24.2 Å². The average Bonchev–Trinajstić information content (AvgIpc) is 2.87. The van der Waals surface area contributed by atoms with Gasteiger partial charge in [0.25, 0.3) is 0 Å². The first-order valence-corrected chi connectivity index (χ1v) is 6.01. The third kappa shape index (κ3) is 3.75. The topological polar surface area (TPSA) is 110 Å². The van der Waals surface area contributed by atoms with E-state index in [9.17, 15) is 10.1 Å².